The highest BCUT2D eigenvalue weighted by atomic mass is 16.2. The molecular weight excluding hydrogens is 408 g/mol. The molecule has 1 saturated carbocycles. The molecule has 3 atom stereocenters. The highest BCUT2D eigenvalue weighted by molar-refractivity contribution is 5.95. The zero-order valence-corrected chi connectivity index (χ0v) is 18.8. The largest absolute Gasteiger partial charge is 0.384 e. The van der Waals surface area contributed by atoms with Gasteiger partial charge in [0, 0.05) is 18.9 Å². The Morgan fingerprint density at radius 3 is 2.31 bits per heavy atom. The maximum Gasteiger partial charge on any atom is 0.243 e. The lowest BCUT2D eigenvalue weighted by molar-refractivity contribution is -0.132. The third-order valence-corrected chi connectivity index (χ3v) is 5.71. The average molecular weight is 441 g/mol. The molecule has 0 heterocycles. The van der Waals surface area contributed by atoms with Crippen LogP contribution in [0.5, 0.6) is 0 Å². The van der Waals surface area contributed by atoms with Gasteiger partial charge >= 0.3 is 0 Å². The molecule has 0 saturated heterocycles. The number of amides is 3. The number of carbonyl (C=O) groups is 3. The number of benzene rings is 1. The predicted octanol–water partition coefficient (Wildman–Crippen LogP) is 1.11. The van der Waals surface area contributed by atoms with Crippen molar-refractivity contribution < 1.29 is 14.4 Å². The predicted molar refractivity (Wildman–Crippen MR) is 120 cm³/mol. The zero-order chi connectivity index (χ0) is 23.9. The van der Waals surface area contributed by atoms with Crippen LogP contribution >= 0.6 is 0 Å². The molecule has 9 heteroatoms. The van der Waals surface area contributed by atoms with E-state index in [-0.39, 0.29) is 18.2 Å². The van der Waals surface area contributed by atoms with Gasteiger partial charge in [0.05, 0.1) is 6.07 Å². The molecule has 6 N–H and O–H groups in total. The van der Waals surface area contributed by atoms with Crippen LogP contribution < -0.4 is 21.7 Å². The third-order valence-electron chi connectivity index (χ3n) is 5.71. The Morgan fingerprint density at radius 2 is 1.84 bits per heavy atom. The van der Waals surface area contributed by atoms with Crippen LogP contribution in [0.25, 0.3) is 0 Å². The molecule has 0 spiro atoms. The summed E-state index contributed by atoms with van der Waals surface area (Å²) in [6, 6.07) is 7.52. The molecule has 0 bridgehead atoms. The SMILES string of the molecule is CC(=O)N[C@@H](C)C(=O)N[C@@H](CC1CCC1)C(=O)NC(C)(C#N)Cc1ccc(C(=N)N)cc1. The zero-order valence-electron chi connectivity index (χ0n) is 18.8. The van der Waals surface area contributed by atoms with E-state index in [9.17, 15) is 19.6 Å². The van der Waals surface area contributed by atoms with Crippen molar-refractivity contribution in [1.29, 1.82) is 10.7 Å². The number of carbonyl (C=O) groups excluding carboxylic acids is 3. The molecule has 1 aliphatic rings. The van der Waals surface area contributed by atoms with Crippen molar-refractivity contribution in [2.24, 2.45) is 11.7 Å². The van der Waals surface area contributed by atoms with Crippen LogP contribution in [0.4, 0.5) is 0 Å². The summed E-state index contributed by atoms with van der Waals surface area (Å²) in [4.78, 5) is 36.8. The van der Waals surface area contributed by atoms with E-state index in [0.29, 0.717) is 17.9 Å². The van der Waals surface area contributed by atoms with Crippen molar-refractivity contribution in [2.45, 2.75) is 70.5 Å². The molecule has 0 aliphatic heterocycles. The van der Waals surface area contributed by atoms with Gasteiger partial charge in [0.1, 0.15) is 23.5 Å². The number of rotatable bonds is 10. The minimum Gasteiger partial charge on any atom is -0.384 e. The van der Waals surface area contributed by atoms with Crippen LogP contribution in [0.3, 0.4) is 0 Å². The minimum absolute atomic E-state index is 0.0454. The standard InChI is InChI=1S/C23H32N6O3/c1-14(27-15(2)30)21(31)28-19(11-16-5-4-6-16)22(32)29-23(3,13-24)12-17-7-9-18(10-8-17)20(25)26/h7-10,14,16,19H,4-6,11-12H2,1-3H3,(H3,25,26)(H,27,30)(H,28,31)(H,29,32)/t14-,19-,23?/m0/s1. The Morgan fingerprint density at radius 1 is 1.22 bits per heavy atom. The fourth-order valence-corrected chi connectivity index (χ4v) is 3.64. The molecule has 1 fully saturated rings. The summed E-state index contributed by atoms with van der Waals surface area (Å²) in [5, 5.41) is 25.3. The van der Waals surface area contributed by atoms with Crippen LogP contribution in [0.15, 0.2) is 24.3 Å². The molecule has 32 heavy (non-hydrogen) atoms. The van der Waals surface area contributed by atoms with Gasteiger partial charge in [-0.2, -0.15) is 5.26 Å². The number of nitriles is 1. The highest BCUT2D eigenvalue weighted by Crippen LogP contribution is 2.30. The van der Waals surface area contributed by atoms with Gasteiger partial charge in [0.15, 0.2) is 0 Å². The Labute approximate surface area is 188 Å². The number of hydrogen-bond donors (Lipinski definition) is 5. The average Bonchev–Trinajstić information content (AvgIpc) is 2.69. The Kier molecular flexibility index (Phi) is 8.35. The topological polar surface area (TPSA) is 161 Å². The summed E-state index contributed by atoms with van der Waals surface area (Å²) in [6.07, 6.45) is 3.83. The highest BCUT2D eigenvalue weighted by Gasteiger charge is 2.34. The molecule has 0 aromatic heterocycles. The molecule has 1 aromatic carbocycles. The van der Waals surface area contributed by atoms with E-state index in [2.05, 4.69) is 22.0 Å². The molecule has 2 rings (SSSR count). The number of amidine groups is 1. The summed E-state index contributed by atoms with van der Waals surface area (Å²) in [6.45, 7) is 4.51. The van der Waals surface area contributed by atoms with Crippen molar-refractivity contribution in [3.63, 3.8) is 0 Å². The molecule has 0 radical (unpaired) electrons. The second-order valence-electron chi connectivity index (χ2n) is 8.74. The minimum atomic E-state index is -1.19. The summed E-state index contributed by atoms with van der Waals surface area (Å²) < 4.78 is 0. The van der Waals surface area contributed by atoms with Crippen LogP contribution in [-0.4, -0.2) is 41.2 Å². The molecule has 1 aliphatic carbocycles. The maximum atomic E-state index is 13.1. The molecule has 3 amide bonds. The lowest BCUT2D eigenvalue weighted by atomic mass is 9.80. The first-order valence-corrected chi connectivity index (χ1v) is 10.8. The monoisotopic (exact) mass is 440 g/mol. The van der Waals surface area contributed by atoms with E-state index < -0.39 is 29.4 Å². The lowest BCUT2D eigenvalue weighted by Gasteiger charge is -2.32. The Balaban J connectivity index is 2.10. The number of nitrogens with zero attached hydrogens (tertiary/aromatic N) is 1. The van der Waals surface area contributed by atoms with Gasteiger partial charge in [0.25, 0.3) is 0 Å². The fourth-order valence-electron chi connectivity index (χ4n) is 3.64. The third kappa shape index (κ3) is 7.08. The van der Waals surface area contributed by atoms with Gasteiger partial charge < -0.3 is 21.7 Å². The van der Waals surface area contributed by atoms with Crippen LogP contribution in [-0.2, 0) is 20.8 Å². The van der Waals surface area contributed by atoms with E-state index in [4.69, 9.17) is 11.1 Å². The molecular formula is C23H32N6O3. The first-order valence-electron chi connectivity index (χ1n) is 10.8. The quantitative estimate of drug-likeness (QED) is 0.272. The Hall–Kier alpha value is -3.41. The van der Waals surface area contributed by atoms with Gasteiger partial charge in [-0.3, -0.25) is 19.8 Å². The molecule has 172 valence electrons. The normalized spacial score (nSPS) is 16.9. The Bertz CT molecular complexity index is 903. The van der Waals surface area contributed by atoms with Crippen molar-refractivity contribution >= 4 is 23.6 Å². The number of nitrogen functional groups attached to an aromatic ring is 1. The maximum absolute atomic E-state index is 13.1. The van der Waals surface area contributed by atoms with Crippen molar-refractivity contribution in [3.05, 3.63) is 35.4 Å². The smallest absolute Gasteiger partial charge is 0.243 e. The first kappa shape index (κ1) is 24.9. The second-order valence-corrected chi connectivity index (χ2v) is 8.74. The van der Waals surface area contributed by atoms with Crippen LogP contribution in [0.1, 0.15) is 57.6 Å². The first-order chi connectivity index (χ1) is 15.0. The van der Waals surface area contributed by atoms with Gasteiger partial charge in [-0.15, -0.1) is 0 Å². The summed E-state index contributed by atoms with van der Waals surface area (Å²) in [5.41, 5.74) is 5.66. The molecule has 1 aromatic rings. The molecule has 9 nitrogen and oxygen atoms in total. The van der Waals surface area contributed by atoms with Gasteiger partial charge in [0.2, 0.25) is 17.7 Å². The van der Waals surface area contributed by atoms with Crippen molar-refractivity contribution in [2.75, 3.05) is 0 Å². The van der Waals surface area contributed by atoms with Gasteiger partial charge in [-0.25, -0.2) is 0 Å². The number of hydrogen-bond acceptors (Lipinski definition) is 5. The summed E-state index contributed by atoms with van der Waals surface area (Å²) >= 11 is 0. The summed E-state index contributed by atoms with van der Waals surface area (Å²) in [7, 11) is 0. The van der Waals surface area contributed by atoms with Crippen molar-refractivity contribution in [3.8, 4) is 6.07 Å². The fraction of sp³-hybridized carbons (Fsp3) is 0.522. The van der Waals surface area contributed by atoms with Crippen molar-refractivity contribution in [1.82, 2.24) is 16.0 Å². The number of nitrogens with two attached hydrogens (primary N) is 1. The van der Waals surface area contributed by atoms with E-state index in [1.54, 1.807) is 38.1 Å². The van der Waals surface area contributed by atoms with Crippen LogP contribution in [0.2, 0.25) is 0 Å². The van der Waals surface area contributed by atoms with Gasteiger partial charge in [-0.1, -0.05) is 43.5 Å². The van der Waals surface area contributed by atoms with Crippen LogP contribution in [0, 0.1) is 22.7 Å². The van der Waals surface area contributed by atoms with E-state index in [1.165, 1.54) is 6.92 Å². The van der Waals surface area contributed by atoms with E-state index in [0.717, 1.165) is 24.8 Å². The molecule has 1 unspecified atom stereocenters. The lowest BCUT2D eigenvalue weighted by Crippen LogP contribution is -2.57. The summed E-state index contributed by atoms with van der Waals surface area (Å²) in [5.74, 6) is -0.908. The second kappa shape index (κ2) is 10.8. The number of nitrogens with one attached hydrogen (secondary N) is 4. The van der Waals surface area contributed by atoms with E-state index in [1.807, 2.05) is 0 Å². The van der Waals surface area contributed by atoms with E-state index >= 15 is 0 Å². The van der Waals surface area contributed by atoms with Gasteiger partial charge in [-0.05, 0) is 31.7 Å².